The van der Waals surface area contributed by atoms with Crippen molar-refractivity contribution in [3.05, 3.63) is 29.8 Å². The number of hydrogen-bond acceptors (Lipinski definition) is 4. The number of sulfonamides is 1. The van der Waals surface area contributed by atoms with Crippen molar-refractivity contribution in [1.82, 2.24) is 4.72 Å². The van der Waals surface area contributed by atoms with E-state index in [1.165, 1.54) is 0 Å². The lowest BCUT2D eigenvalue weighted by atomic mass is 10.1. The van der Waals surface area contributed by atoms with Gasteiger partial charge in [-0.15, -0.1) is 0 Å². The number of nitrogens with zero attached hydrogens (tertiary/aromatic N) is 1. The molecule has 1 aliphatic carbocycles. The summed E-state index contributed by atoms with van der Waals surface area (Å²) in [6, 6.07) is 6.79. The predicted octanol–water partition coefficient (Wildman–Crippen LogP) is 0.498. The maximum atomic E-state index is 11.8. The Kier molecular flexibility index (Phi) is 2.46. The highest BCUT2D eigenvalue weighted by atomic mass is 32.2. The van der Waals surface area contributed by atoms with Gasteiger partial charge in [0, 0.05) is 17.5 Å². The van der Waals surface area contributed by atoms with Crippen molar-refractivity contribution in [3.63, 3.8) is 0 Å². The topological polar surface area (TPSA) is 78.8 Å². The molecule has 0 spiro atoms. The van der Waals surface area contributed by atoms with Crippen LogP contribution in [-0.4, -0.2) is 32.5 Å². The second-order valence-corrected chi connectivity index (χ2v) is 6.58. The SMILES string of the molecule is O=S1(=O)NC(=NCC2(CO)CC2)c2ccccc21. The van der Waals surface area contributed by atoms with Crippen LogP contribution < -0.4 is 4.72 Å². The fraction of sp³-hybridized carbons (Fsp3) is 0.417. The average molecular weight is 266 g/mol. The minimum absolute atomic E-state index is 0.109. The van der Waals surface area contributed by atoms with Crippen LogP contribution in [0.4, 0.5) is 0 Å². The molecule has 1 aromatic rings. The molecule has 18 heavy (non-hydrogen) atoms. The van der Waals surface area contributed by atoms with E-state index in [0.29, 0.717) is 17.9 Å². The zero-order valence-corrected chi connectivity index (χ0v) is 10.6. The molecule has 1 fully saturated rings. The third-order valence-electron chi connectivity index (χ3n) is 3.53. The highest BCUT2D eigenvalue weighted by Crippen LogP contribution is 2.45. The van der Waals surface area contributed by atoms with E-state index in [2.05, 4.69) is 9.71 Å². The number of aliphatic hydroxyl groups is 1. The fourth-order valence-electron chi connectivity index (χ4n) is 2.04. The Morgan fingerprint density at radius 2 is 2.06 bits per heavy atom. The number of aliphatic imine (C=N–C) groups is 1. The van der Waals surface area contributed by atoms with Gasteiger partial charge in [0.2, 0.25) is 0 Å². The largest absolute Gasteiger partial charge is 0.396 e. The maximum Gasteiger partial charge on any atom is 0.263 e. The third-order valence-corrected chi connectivity index (χ3v) is 4.92. The first-order chi connectivity index (χ1) is 8.56. The third kappa shape index (κ3) is 1.81. The zero-order valence-electron chi connectivity index (χ0n) is 9.76. The number of nitrogens with one attached hydrogen (secondary N) is 1. The monoisotopic (exact) mass is 266 g/mol. The number of aliphatic hydroxyl groups excluding tert-OH is 1. The highest BCUT2D eigenvalue weighted by molar-refractivity contribution is 7.90. The smallest absolute Gasteiger partial charge is 0.263 e. The number of benzene rings is 1. The predicted molar refractivity (Wildman–Crippen MR) is 66.9 cm³/mol. The number of hydrogen-bond donors (Lipinski definition) is 2. The summed E-state index contributed by atoms with van der Waals surface area (Å²) in [7, 11) is -3.45. The molecule has 0 bridgehead atoms. The van der Waals surface area contributed by atoms with Crippen LogP contribution >= 0.6 is 0 Å². The second-order valence-electron chi connectivity index (χ2n) is 4.92. The molecule has 0 saturated heterocycles. The molecule has 0 unspecified atom stereocenters. The Morgan fingerprint density at radius 1 is 1.33 bits per heavy atom. The van der Waals surface area contributed by atoms with E-state index in [1.807, 2.05) is 0 Å². The molecule has 5 nitrogen and oxygen atoms in total. The van der Waals surface area contributed by atoms with Gasteiger partial charge in [-0.05, 0) is 25.0 Å². The normalized spacial score (nSPS) is 24.6. The molecule has 96 valence electrons. The summed E-state index contributed by atoms with van der Waals surface area (Å²) in [4.78, 5) is 4.61. The van der Waals surface area contributed by atoms with E-state index in [4.69, 9.17) is 0 Å². The first-order valence-electron chi connectivity index (χ1n) is 5.84. The van der Waals surface area contributed by atoms with Crippen LogP contribution in [-0.2, 0) is 10.0 Å². The van der Waals surface area contributed by atoms with Crippen molar-refractivity contribution in [2.24, 2.45) is 10.4 Å². The number of rotatable bonds is 3. The van der Waals surface area contributed by atoms with Gasteiger partial charge in [0.1, 0.15) is 5.84 Å². The van der Waals surface area contributed by atoms with Crippen molar-refractivity contribution in [2.75, 3.05) is 13.2 Å². The summed E-state index contributed by atoms with van der Waals surface area (Å²) in [5.41, 5.74) is 0.502. The van der Waals surface area contributed by atoms with Crippen molar-refractivity contribution in [1.29, 1.82) is 0 Å². The standard InChI is InChI=1S/C12H14N2O3S/c15-8-12(5-6-12)7-13-11-9-3-1-2-4-10(9)18(16,17)14-11/h1-4,15H,5-8H2,(H,13,14). The Balaban J connectivity index is 1.94. The summed E-state index contributed by atoms with van der Waals surface area (Å²) >= 11 is 0. The van der Waals surface area contributed by atoms with Crippen molar-refractivity contribution >= 4 is 15.9 Å². The fourth-order valence-corrected chi connectivity index (χ4v) is 3.29. The summed E-state index contributed by atoms with van der Waals surface area (Å²) in [5.74, 6) is 0.394. The quantitative estimate of drug-likeness (QED) is 0.836. The minimum atomic E-state index is -3.45. The minimum Gasteiger partial charge on any atom is -0.396 e. The van der Waals surface area contributed by atoms with Crippen LogP contribution in [0.2, 0.25) is 0 Å². The van der Waals surface area contributed by atoms with Gasteiger partial charge in [-0.25, -0.2) is 8.42 Å². The lowest BCUT2D eigenvalue weighted by Crippen LogP contribution is -2.23. The van der Waals surface area contributed by atoms with Gasteiger partial charge in [0.05, 0.1) is 11.5 Å². The molecule has 1 aliphatic heterocycles. The van der Waals surface area contributed by atoms with E-state index in [-0.39, 0.29) is 16.9 Å². The molecule has 3 rings (SSSR count). The second kappa shape index (κ2) is 3.80. The van der Waals surface area contributed by atoms with E-state index < -0.39 is 10.0 Å². The molecule has 6 heteroatoms. The van der Waals surface area contributed by atoms with Gasteiger partial charge in [-0.2, -0.15) is 0 Å². The molecule has 1 saturated carbocycles. The van der Waals surface area contributed by atoms with E-state index in [9.17, 15) is 13.5 Å². The molecule has 1 aromatic carbocycles. The van der Waals surface area contributed by atoms with Crippen LogP contribution in [0.5, 0.6) is 0 Å². The first-order valence-corrected chi connectivity index (χ1v) is 7.32. The molecular weight excluding hydrogens is 252 g/mol. The van der Waals surface area contributed by atoms with Crippen LogP contribution in [0.15, 0.2) is 34.2 Å². The van der Waals surface area contributed by atoms with Crippen LogP contribution in [0.3, 0.4) is 0 Å². The highest BCUT2D eigenvalue weighted by Gasteiger charge is 2.42. The van der Waals surface area contributed by atoms with Gasteiger partial charge in [0.15, 0.2) is 0 Å². The Bertz CT molecular complexity index is 618. The molecule has 2 aliphatic rings. The van der Waals surface area contributed by atoms with Crippen molar-refractivity contribution in [3.8, 4) is 0 Å². The van der Waals surface area contributed by atoms with E-state index in [0.717, 1.165) is 12.8 Å². The van der Waals surface area contributed by atoms with Crippen molar-refractivity contribution < 1.29 is 13.5 Å². The van der Waals surface area contributed by atoms with Crippen molar-refractivity contribution in [2.45, 2.75) is 17.7 Å². The van der Waals surface area contributed by atoms with E-state index >= 15 is 0 Å². The Labute approximate surface area is 106 Å². The summed E-state index contributed by atoms with van der Waals surface area (Å²) in [6.45, 7) is 0.577. The summed E-state index contributed by atoms with van der Waals surface area (Å²) in [5, 5.41) is 9.22. The van der Waals surface area contributed by atoms with Gasteiger partial charge in [-0.1, -0.05) is 12.1 Å². The molecule has 1 heterocycles. The lowest BCUT2D eigenvalue weighted by Gasteiger charge is -2.07. The average Bonchev–Trinajstić information content (AvgIpc) is 3.10. The molecule has 0 radical (unpaired) electrons. The van der Waals surface area contributed by atoms with Crippen LogP contribution in [0, 0.1) is 5.41 Å². The maximum absolute atomic E-state index is 11.8. The molecule has 0 amide bonds. The Morgan fingerprint density at radius 3 is 2.72 bits per heavy atom. The Hall–Kier alpha value is -1.40. The van der Waals surface area contributed by atoms with Gasteiger partial charge < -0.3 is 5.11 Å². The summed E-state index contributed by atoms with van der Waals surface area (Å²) in [6.07, 6.45) is 1.91. The van der Waals surface area contributed by atoms with Gasteiger partial charge in [-0.3, -0.25) is 9.71 Å². The molecule has 0 aromatic heterocycles. The zero-order chi connectivity index (χ0) is 12.8. The number of fused-ring (bicyclic) bond motifs is 1. The molecular formula is C12H14N2O3S. The van der Waals surface area contributed by atoms with Gasteiger partial charge in [0.25, 0.3) is 10.0 Å². The lowest BCUT2D eigenvalue weighted by molar-refractivity contribution is 0.217. The molecule has 0 atom stereocenters. The van der Waals surface area contributed by atoms with Crippen LogP contribution in [0.1, 0.15) is 18.4 Å². The van der Waals surface area contributed by atoms with Gasteiger partial charge >= 0.3 is 0 Å². The first kappa shape index (κ1) is 11.7. The number of amidine groups is 1. The van der Waals surface area contributed by atoms with E-state index in [1.54, 1.807) is 24.3 Å². The molecule has 2 N–H and O–H groups in total. The summed E-state index contributed by atoms with van der Waals surface area (Å²) < 4.78 is 26.1. The van der Waals surface area contributed by atoms with Crippen LogP contribution in [0.25, 0.3) is 0 Å².